The number of rotatable bonds is 2. The zero-order chi connectivity index (χ0) is 17.4. The Kier molecular flexibility index (Phi) is 3.50. The number of ether oxygens (including phenoxy) is 2. The van der Waals surface area contributed by atoms with Crippen LogP contribution in [-0.4, -0.2) is 30.9 Å². The van der Waals surface area contributed by atoms with E-state index in [1.54, 1.807) is 36.4 Å². The highest BCUT2D eigenvalue weighted by Crippen LogP contribution is 2.31. The van der Waals surface area contributed by atoms with Crippen LogP contribution in [0, 0.1) is 0 Å². The van der Waals surface area contributed by atoms with Crippen LogP contribution in [0.25, 0.3) is 0 Å². The van der Waals surface area contributed by atoms with Crippen LogP contribution in [0.2, 0.25) is 0 Å². The second-order valence-electron chi connectivity index (χ2n) is 5.55. The van der Waals surface area contributed by atoms with E-state index in [2.05, 4.69) is 16.0 Å². The summed E-state index contributed by atoms with van der Waals surface area (Å²) in [6.07, 6.45) is 0. The van der Waals surface area contributed by atoms with E-state index >= 15 is 0 Å². The lowest BCUT2D eigenvalue weighted by atomic mass is 10.1. The van der Waals surface area contributed by atoms with Crippen LogP contribution in [-0.2, 0) is 9.59 Å². The minimum atomic E-state index is -0.341. The number of fused-ring (bicyclic) bond motifs is 2. The van der Waals surface area contributed by atoms with Gasteiger partial charge in [-0.2, -0.15) is 0 Å². The second-order valence-corrected chi connectivity index (χ2v) is 5.55. The molecule has 0 aromatic heterocycles. The van der Waals surface area contributed by atoms with Gasteiger partial charge >= 0.3 is 0 Å². The maximum absolute atomic E-state index is 12.4. The number of carbonyl (C=O) groups is 3. The first kappa shape index (κ1) is 15.0. The first-order valence-corrected chi connectivity index (χ1v) is 7.53. The van der Waals surface area contributed by atoms with E-state index < -0.39 is 0 Å². The largest absolute Gasteiger partial charge is 0.482 e. The van der Waals surface area contributed by atoms with Gasteiger partial charge in [0.2, 0.25) is 0 Å². The van der Waals surface area contributed by atoms with Crippen molar-refractivity contribution in [1.29, 1.82) is 0 Å². The molecule has 2 aromatic rings. The first-order valence-electron chi connectivity index (χ1n) is 7.53. The standard InChI is InChI=1S/C17H13N3O5/c21-15-8-25-14-5-9(1-3-11(14)19-15)17(23)18-10-2-4-13-12(6-10)20-16(22)7-24-13/h1-6H,7-8H2,(H,18,23)(H,19,21)(H,20,22). The fraction of sp³-hybridized carbons (Fsp3) is 0.118. The lowest BCUT2D eigenvalue weighted by molar-refractivity contribution is -0.119. The molecule has 2 aliphatic rings. The van der Waals surface area contributed by atoms with Crippen LogP contribution in [0.15, 0.2) is 36.4 Å². The van der Waals surface area contributed by atoms with E-state index in [0.29, 0.717) is 34.1 Å². The van der Waals surface area contributed by atoms with Crippen molar-refractivity contribution in [3.05, 3.63) is 42.0 Å². The number of hydrogen-bond acceptors (Lipinski definition) is 5. The molecule has 0 saturated carbocycles. The van der Waals surface area contributed by atoms with Gasteiger partial charge in [-0.1, -0.05) is 0 Å². The molecule has 0 unspecified atom stereocenters. The number of anilines is 3. The van der Waals surface area contributed by atoms with Gasteiger partial charge in [0.1, 0.15) is 11.5 Å². The molecule has 0 spiro atoms. The van der Waals surface area contributed by atoms with Gasteiger partial charge in [0.15, 0.2) is 13.2 Å². The summed E-state index contributed by atoms with van der Waals surface area (Å²) >= 11 is 0. The zero-order valence-electron chi connectivity index (χ0n) is 12.9. The highest BCUT2D eigenvalue weighted by molar-refractivity contribution is 6.06. The lowest BCUT2D eigenvalue weighted by Gasteiger charge is -2.19. The molecule has 0 fully saturated rings. The smallest absolute Gasteiger partial charge is 0.262 e. The van der Waals surface area contributed by atoms with Gasteiger partial charge < -0.3 is 25.4 Å². The number of carbonyl (C=O) groups excluding carboxylic acids is 3. The van der Waals surface area contributed by atoms with Crippen LogP contribution in [0.5, 0.6) is 11.5 Å². The van der Waals surface area contributed by atoms with Crippen molar-refractivity contribution in [2.24, 2.45) is 0 Å². The van der Waals surface area contributed by atoms with Crippen molar-refractivity contribution in [3.8, 4) is 11.5 Å². The molecule has 2 heterocycles. The summed E-state index contributed by atoms with van der Waals surface area (Å²) < 4.78 is 10.6. The molecule has 25 heavy (non-hydrogen) atoms. The molecule has 4 rings (SSSR count). The summed E-state index contributed by atoms with van der Waals surface area (Å²) in [5, 5.41) is 8.10. The average Bonchev–Trinajstić information content (AvgIpc) is 2.60. The Hall–Kier alpha value is -3.55. The van der Waals surface area contributed by atoms with Gasteiger partial charge in [-0.05, 0) is 36.4 Å². The van der Waals surface area contributed by atoms with Crippen molar-refractivity contribution in [1.82, 2.24) is 0 Å². The van der Waals surface area contributed by atoms with Crippen molar-refractivity contribution < 1.29 is 23.9 Å². The molecule has 8 heteroatoms. The van der Waals surface area contributed by atoms with Crippen LogP contribution in [0.1, 0.15) is 10.4 Å². The molecule has 126 valence electrons. The van der Waals surface area contributed by atoms with Crippen molar-refractivity contribution in [3.63, 3.8) is 0 Å². The van der Waals surface area contributed by atoms with Gasteiger partial charge in [0, 0.05) is 11.3 Å². The number of benzene rings is 2. The molecule has 0 bridgehead atoms. The molecular formula is C17H13N3O5. The maximum Gasteiger partial charge on any atom is 0.262 e. The Balaban J connectivity index is 1.53. The van der Waals surface area contributed by atoms with E-state index in [9.17, 15) is 14.4 Å². The molecule has 3 amide bonds. The Morgan fingerprint density at radius 3 is 2.40 bits per heavy atom. The van der Waals surface area contributed by atoms with Gasteiger partial charge in [-0.25, -0.2) is 0 Å². The second kappa shape index (κ2) is 5.82. The third-order valence-corrected chi connectivity index (χ3v) is 3.75. The van der Waals surface area contributed by atoms with E-state index in [1.165, 1.54) is 0 Å². The lowest BCUT2D eigenvalue weighted by Crippen LogP contribution is -2.26. The molecule has 8 nitrogen and oxygen atoms in total. The fourth-order valence-corrected chi connectivity index (χ4v) is 2.58. The highest BCUT2D eigenvalue weighted by atomic mass is 16.5. The van der Waals surface area contributed by atoms with E-state index in [4.69, 9.17) is 9.47 Å². The summed E-state index contributed by atoms with van der Waals surface area (Å²) in [6.45, 7) is -0.104. The summed E-state index contributed by atoms with van der Waals surface area (Å²) in [5.41, 5.74) is 1.93. The molecule has 2 aliphatic heterocycles. The maximum atomic E-state index is 12.4. The van der Waals surface area contributed by atoms with Crippen molar-refractivity contribution in [2.75, 3.05) is 29.2 Å². The number of amides is 3. The molecule has 0 radical (unpaired) electrons. The molecule has 0 aliphatic carbocycles. The van der Waals surface area contributed by atoms with Crippen molar-refractivity contribution in [2.45, 2.75) is 0 Å². The quantitative estimate of drug-likeness (QED) is 0.771. The van der Waals surface area contributed by atoms with Gasteiger partial charge in [0.05, 0.1) is 11.4 Å². The topological polar surface area (TPSA) is 106 Å². The number of nitrogens with one attached hydrogen (secondary N) is 3. The predicted molar refractivity (Wildman–Crippen MR) is 89.1 cm³/mol. The Morgan fingerprint density at radius 1 is 0.880 bits per heavy atom. The molecule has 2 aromatic carbocycles. The molecule has 0 atom stereocenters. The Bertz CT molecular complexity index is 909. The van der Waals surface area contributed by atoms with E-state index in [0.717, 1.165) is 0 Å². The normalized spacial score (nSPS) is 14.9. The summed E-state index contributed by atoms with van der Waals surface area (Å²) in [5.74, 6) is 0.174. The molecule has 0 saturated heterocycles. The SMILES string of the molecule is O=C1COc2ccc(NC(=O)c3ccc4c(c3)OCC(=O)N4)cc2N1. The Morgan fingerprint density at radius 2 is 1.60 bits per heavy atom. The minimum absolute atomic E-state index is 0.0234. The summed E-state index contributed by atoms with van der Waals surface area (Å²) in [6, 6.07) is 9.75. The van der Waals surface area contributed by atoms with Gasteiger partial charge in [0.25, 0.3) is 17.7 Å². The van der Waals surface area contributed by atoms with E-state index in [1.807, 2.05) is 0 Å². The third-order valence-electron chi connectivity index (χ3n) is 3.75. The summed E-state index contributed by atoms with van der Waals surface area (Å²) in [7, 11) is 0. The minimum Gasteiger partial charge on any atom is -0.482 e. The highest BCUT2D eigenvalue weighted by Gasteiger charge is 2.19. The summed E-state index contributed by atoms with van der Waals surface area (Å²) in [4.78, 5) is 35.1. The van der Waals surface area contributed by atoms with E-state index in [-0.39, 0.29) is 30.9 Å². The number of hydrogen-bond donors (Lipinski definition) is 3. The van der Waals surface area contributed by atoms with Gasteiger partial charge in [-0.15, -0.1) is 0 Å². The predicted octanol–water partition coefficient (Wildman–Crippen LogP) is 1.60. The average molecular weight is 339 g/mol. The zero-order valence-corrected chi connectivity index (χ0v) is 12.9. The van der Waals surface area contributed by atoms with Gasteiger partial charge in [-0.3, -0.25) is 14.4 Å². The molecule has 3 N–H and O–H groups in total. The van der Waals surface area contributed by atoms with Crippen LogP contribution in [0.3, 0.4) is 0 Å². The third kappa shape index (κ3) is 2.97. The molecular weight excluding hydrogens is 326 g/mol. The monoisotopic (exact) mass is 339 g/mol. The fourth-order valence-electron chi connectivity index (χ4n) is 2.58. The van der Waals surface area contributed by atoms with Crippen LogP contribution in [0.4, 0.5) is 17.1 Å². The van der Waals surface area contributed by atoms with Crippen LogP contribution >= 0.6 is 0 Å². The van der Waals surface area contributed by atoms with Crippen molar-refractivity contribution >= 4 is 34.8 Å². The Labute approximate surface area is 142 Å². The van der Waals surface area contributed by atoms with Crippen LogP contribution < -0.4 is 25.4 Å². The first-order chi connectivity index (χ1) is 12.1.